The van der Waals surface area contributed by atoms with Gasteiger partial charge in [-0.1, -0.05) is 6.07 Å². The van der Waals surface area contributed by atoms with E-state index in [1.165, 1.54) is 10.9 Å². The zero-order chi connectivity index (χ0) is 10.8. The van der Waals surface area contributed by atoms with Crippen LogP contribution in [0.4, 0.5) is 5.69 Å². The number of rotatable bonds is 3. The van der Waals surface area contributed by atoms with Gasteiger partial charge < -0.3 is 15.6 Å². The number of hydrogen-bond donors (Lipinski definition) is 2. The van der Waals surface area contributed by atoms with E-state index in [-0.39, 0.29) is 0 Å². The Kier molecular flexibility index (Phi) is 2.64. The Morgan fingerprint density at radius 3 is 2.87 bits per heavy atom. The maximum Gasteiger partial charge on any atom is 0.0477 e. The lowest BCUT2D eigenvalue weighted by atomic mass is 10.1. The fraction of sp³-hybridized carbons (Fsp3) is 0.333. The summed E-state index contributed by atoms with van der Waals surface area (Å²) >= 11 is 0. The molecular formula is C12H17N3. The molecule has 0 fully saturated rings. The van der Waals surface area contributed by atoms with E-state index in [0.29, 0.717) is 0 Å². The van der Waals surface area contributed by atoms with Crippen LogP contribution in [0.1, 0.15) is 5.56 Å². The number of hydrogen-bond acceptors (Lipinski definition) is 2. The molecule has 0 bridgehead atoms. The number of nitrogens with zero attached hydrogens (tertiary/aromatic N) is 1. The highest BCUT2D eigenvalue weighted by Gasteiger charge is 2.06. The Morgan fingerprint density at radius 2 is 2.13 bits per heavy atom. The van der Waals surface area contributed by atoms with Gasteiger partial charge in [0.1, 0.15) is 0 Å². The molecule has 3 heteroatoms. The van der Waals surface area contributed by atoms with Gasteiger partial charge in [-0.3, -0.25) is 0 Å². The van der Waals surface area contributed by atoms with Crippen molar-refractivity contribution < 1.29 is 0 Å². The molecule has 1 heterocycles. The zero-order valence-corrected chi connectivity index (χ0v) is 9.25. The first-order valence-corrected chi connectivity index (χ1v) is 5.17. The first-order chi connectivity index (χ1) is 7.18. The standard InChI is InChI=1S/C12H17N3/c1-15(2)7-6-9-8-14-11-5-3-4-10(13)12(9)11/h3-5,8,14H,6-7,13H2,1-2H3. The number of nitrogens with one attached hydrogen (secondary N) is 1. The van der Waals surface area contributed by atoms with Gasteiger partial charge in [0.15, 0.2) is 0 Å². The first-order valence-electron chi connectivity index (χ1n) is 5.17. The van der Waals surface area contributed by atoms with Crippen molar-refractivity contribution >= 4 is 16.6 Å². The predicted octanol–water partition coefficient (Wildman–Crippen LogP) is 1.85. The van der Waals surface area contributed by atoms with E-state index in [4.69, 9.17) is 5.73 Å². The number of likely N-dealkylation sites (N-methyl/N-ethyl adjacent to an activating group) is 1. The Morgan fingerprint density at radius 1 is 1.33 bits per heavy atom. The molecule has 0 saturated carbocycles. The fourth-order valence-corrected chi connectivity index (χ4v) is 1.83. The molecule has 0 atom stereocenters. The van der Waals surface area contributed by atoms with Gasteiger partial charge in [-0.15, -0.1) is 0 Å². The zero-order valence-electron chi connectivity index (χ0n) is 9.25. The molecule has 0 aliphatic carbocycles. The minimum Gasteiger partial charge on any atom is -0.398 e. The number of benzene rings is 1. The lowest BCUT2D eigenvalue weighted by Crippen LogP contribution is -2.14. The van der Waals surface area contributed by atoms with Crippen molar-refractivity contribution in [2.24, 2.45) is 0 Å². The van der Waals surface area contributed by atoms with Crippen molar-refractivity contribution in [3.63, 3.8) is 0 Å². The normalized spacial score (nSPS) is 11.4. The minimum absolute atomic E-state index is 0.863. The lowest BCUT2D eigenvalue weighted by molar-refractivity contribution is 0.414. The Hall–Kier alpha value is -1.48. The van der Waals surface area contributed by atoms with E-state index < -0.39 is 0 Å². The largest absolute Gasteiger partial charge is 0.398 e. The maximum atomic E-state index is 5.97. The number of nitrogens with two attached hydrogens (primary N) is 1. The molecule has 0 radical (unpaired) electrons. The van der Waals surface area contributed by atoms with Gasteiger partial charge in [-0.2, -0.15) is 0 Å². The van der Waals surface area contributed by atoms with Crippen molar-refractivity contribution in [2.75, 3.05) is 26.4 Å². The van der Waals surface area contributed by atoms with E-state index in [1.807, 2.05) is 12.1 Å². The molecule has 80 valence electrons. The molecule has 0 aliphatic rings. The molecule has 3 nitrogen and oxygen atoms in total. The van der Waals surface area contributed by atoms with Gasteiger partial charge in [0, 0.05) is 29.3 Å². The third kappa shape index (κ3) is 1.97. The number of anilines is 1. The summed E-state index contributed by atoms with van der Waals surface area (Å²) in [4.78, 5) is 5.43. The average molecular weight is 203 g/mol. The van der Waals surface area contributed by atoms with E-state index in [9.17, 15) is 0 Å². The summed E-state index contributed by atoms with van der Waals surface area (Å²) in [5.74, 6) is 0. The third-order valence-corrected chi connectivity index (χ3v) is 2.65. The molecule has 3 N–H and O–H groups in total. The molecule has 0 amide bonds. The van der Waals surface area contributed by atoms with E-state index in [2.05, 4.69) is 36.2 Å². The molecular weight excluding hydrogens is 186 g/mol. The second-order valence-corrected chi connectivity index (χ2v) is 4.14. The Bertz CT molecular complexity index is 457. The highest BCUT2D eigenvalue weighted by atomic mass is 15.0. The van der Waals surface area contributed by atoms with Crippen LogP contribution in [0.2, 0.25) is 0 Å². The third-order valence-electron chi connectivity index (χ3n) is 2.65. The van der Waals surface area contributed by atoms with Crippen molar-refractivity contribution in [2.45, 2.75) is 6.42 Å². The monoisotopic (exact) mass is 203 g/mol. The van der Waals surface area contributed by atoms with Crippen LogP contribution in [0.25, 0.3) is 10.9 Å². The van der Waals surface area contributed by atoms with Crippen molar-refractivity contribution in [3.05, 3.63) is 30.0 Å². The highest BCUT2D eigenvalue weighted by Crippen LogP contribution is 2.24. The summed E-state index contributed by atoms with van der Waals surface area (Å²) in [5.41, 5.74) is 9.27. The number of fused-ring (bicyclic) bond motifs is 1. The summed E-state index contributed by atoms with van der Waals surface area (Å²) < 4.78 is 0. The van der Waals surface area contributed by atoms with Crippen LogP contribution in [0.5, 0.6) is 0 Å². The second kappa shape index (κ2) is 3.95. The fourth-order valence-electron chi connectivity index (χ4n) is 1.83. The molecule has 0 saturated heterocycles. The van der Waals surface area contributed by atoms with Gasteiger partial charge in [-0.05, 0) is 38.2 Å². The van der Waals surface area contributed by atoms with Crippen LogP contribution in [0, 0.1) is 0 Å². The number of aromatic amines is 1. The van der Waals surface area contributed by atoms with Gasteiger partial charge >= 0.3 is 0 Å². The van der Waals surface area contributed by atoms with Gasteiger partial charge in [0.25, 0.3) is 0 Å². The molecule has 2 rings (SSSR count). The minimum atomic E-state index is 0.863. The molecule has 0 aliphatic heterocycles. The number of H-pyrrole nitrogens is 1. The summed E-state index contributed by atoms with van der Waals surface area (Å²) in [6.07, 6.45) is 3.09. The molecule has 0 unspecified atom stereocenters. The van der Waals surface area contributed by atoms with E-state index in [0.717, 1.165) is 24.2 Å². The smallest absolute Gasteiger partial charge is 0.0477 e. The van der Waals surface area contributed by atoms with Crippen LogP contribution >= 0.6 is 0 Å². The molecule has 1 aromatic heterocycles. The average Bonchev–Trinajstić information content (AvgIpc) is 2.59. The van der Waals surface area contributed by atoms with Crippen LogP contribution in [0.3, 0.4) is 0 Å². The van der Waals surface area contributed by atoms with Gasteiger partial charge in [0.2, 0.25) is 0 Å². The summed E-state index contributed by atoms with van der Waals surface area (Å²) in [6, 6.07) is 5.99. The second-order valence-electron chi connectivity index (χ2n) is 4.14. The lowest BCUT2D eigenvalue weighted by Gasteiger charge is -2.08. The SMILES string of the molecule is CN(C)CCc1c[nH]c2cccc(N)c12. The first kappa shape index (κ1) is 10.1. The van der Waals surface area contributed by atoms with Gasteiger partial charge in [0.05, 0.1) is 0 Å². The van der Waals surface area contributed by atoms with Crippen LogP contribution in [-0.2, 0) is 6.42 Å². The summed E-state index contributed by atoms with van der Waals surface area (Å²) in [5, 5.41) is 1.18. The van der Waals surface area contributed by atoms with Gasteiger partial charge in [-0.25, -0.2) is 0 Å². The maximum absolute atomic E-state index is 5.97. The topological polar surface area (TPSA) is 45.0 Å². The molecule has 1 aromatic carbocycles. The van der Waals surface area contributed by atoms with Crippen molar-refractivity contribution in [1.82, 2.24) is 9.88 Å². The molecule has 2 aromatic rings. The molecule has 0 spiro atoms. The van der Waals surface area contributed by atoms with E-state index in [1.54, 1.807) is 0 Å². The Labute approximate surface area is 89.9 Å². The predicted molar refractivity (Wildman–Crippen MR) is 65.0 cm³/mol. The summed E-state index contributed by atoms with van der Waals surface area (Å²) in [6.45, 7) is 1.04. The van der Waals surface area contributed by atoms with Crippen molar-refractivity contribution in [3.8, 4) is 0 Å². The Balaban J connectivity index is 2.35. The van der Waals surface area contributed by atoms with Crippen LogP contribution in [0.15, 0.2) is 24.4 Å². The summed E-state index contributed by atoms with van der Waals surface area (Å²) in [7, 11) is 4.16. The van der Waals surface area contributed by atoms with E-state index >= 15 is 0 Å². The molecule has 15 heavy (non-hydrogen) atoms. The number of nitrogen functional groups attached to an aromatic ring is 1. The quantitative estimate of drug-likeness (QED) is 0.748. The highest BCUT2D eigenvalue weighted by molar-refractivity contribution is 5.93. The van der Waals surface area contributed by atoms with Crippen molar-refractivity contribution in [1.29, 1.82) is 0 Å². The number of aromatic nitrogens is 1. The van der Waals surface area contributed by atoms with Crippen LogP contribution in [-0.4, -0.2) is 30.5 Å². The van der Waals surface area contributed by atoms with Crippen LogP contribution < -0.4 is 5.73 Å².